The molecule has 0 spiro atoms. The number of halogens is 2. The highest BCUT2D eigenvalue weighted by molar-refractivity contribution is 6.31. The highest BCUT2D eigenvalue weighted by Gasteiger charge is 2.12. The monoisotopic (exact) mass is 264 g/mol. The molecule has 3 heteroatoms. The molecule has 0 fully saturated rings. The highest BCUT2D eigenvalue weighted by atomic mass is 35.5. The molecule has 0 aliphatic heterocycles. The first-order valence-electron chi connectivity index (χ1n) is 5.75. The van der Waals surface area contributed by atoms with Gasteiger partial charge in [0, 0.05) is 11.4 Å². The van der Waals surface area contributed by atoms with Crippen LogP contribution in [-0.4, -0.2) is 5.11 Å². The maximum absolute atomic E-state index is 13.0. The first-order valence-corrected chi connectivity index (χ1v) is 6.12. The van der Waals surface area contributed by atoms with E-state index in [-0.39, 0.29) is 5.82 Å². The number of hydrogen-bond donors (Lipinski definition) is 1. The maximum Gasteiger partial charge on any atom is 0.123 e. The molecular formula is C15H14ClFO. The maximum atomic E-state index is 13.0. The van der Waals surface area contributed by atoms with E-state index in [0.29, 0.717) is 17.0 Å². The molecule has 94 valence electrons. The first kappa shape index (κ1) is 13.1. The summed E-state index contributed by atoms with van der Waals surface area (Å²) in [5.41, 5.74) is 2.47. The van der Waals surface area contributed by atoms with Crippen LogP contribution in [0, 0.1) is 12.7 Å². The number of rotatable bonds is 3. The Labute approximate surface area is 111 Å². The smallest absolute Gasteiger partial charge is 0.123 e. The molecule has 18 heavy (non-hydrogen) atoms. The molecule has 0 radical (unpaired) electrons. The SMILES string of the molecule is Cc1ccc(C(O)Cc2cccc(F)c2)c(Cl)c1. The van der Waals surface area contributed by atoms with Crippen LogP contribution in [0.3, 0.4) is 0 Å². The van der Waals surface area contributed by atoms with Crippen LogP contribution in [0.2, 0.25) is 5.02 Å². The lowest BCUT2D eigenvalue weighted by Crippen LogP contribution is -2.03. The standard InChI is InChI=1S/C15H14ClFO/c1-10-5-6-13(14(16)7-10)15(18)9-11-3-2-4-12(17)8-11/h2-8,15,18H,9H2,1H3. The van der Waals surface area contributed by atoms with E-state index in [9.17, 15) is 9.50 Å². The lowest BCUT2D eigenvalue weighted by molar-refractivity contribution is 0.178. The second-order valence-electron chi connectivity index (χ2n) is 4.37. The summed E-state index contributed by atoms with van der Waals surface area (Å²) in [7, 11) is 0. The van der Waals surface area contributed by atoms with Gasteiger partial charge in [-0.25, -0.2) is 4.39 Å². The van der Waals surface area contributed by atoms with E-state index in [1.165, 1.54) is 12.1 Å². The Morgan fingerprint density at radius 1 is 1.22 bits per heavy atom. The minimum atomic E-state index is -0.722. The molecule has 1 atom stereocenters. The average molecular weight is 265 g/mol. The van der Waals surface area contributed by atoms with Gasteiger partial charge in [0.1, 0.15) is 5.82 Å². The molecule has 0 aliphatic rings. The second kappa shape index (κ2) is 5.51. The topological polar surface area (TPSA) is 20.2 Å². The van der Waals surface area contributed by atoms with Crippen LogP contribution in [0.4, 0.5) is 4.39 Å². The van der Waals surface area contributed by atoms with E-state index in [1.807, 2.05) is 25.1 Å². The second-order valence-corrected chi connectivity index (χ2v) is 4.78. The van der Waals surface area contributed by atoms with Crippen LogP contribution in [0.1, 0.15) is 22.8 Å². The van der Waals surface area contributed by atoms with Crippen molar-refractivity contribution in [2.45, 2.75) is 19.4 Å². The van der Waals surface area contributed by atoms with Gasteiger partial charge in [0.2, 0.25) is 0 Å². The van der Waals surface area contributed by atoms with Gasteiger partial charge in [-0.05, 0) is 41.8 Å². The van der Waals surface area contributed by atoms with Crippen molar-refractivity contribution >= 4 is 11.6 Å². The predicted octanol–water partition coefficient (Wildman–Crippen LogP) is 4.06. The quantitative estimate of drug-likeness (QED) is 0.886. The van der Waals surface area contributed by atoms with Gasteiger partial charge in [-0.1, -0.05) is 35.9 Å². The summed E-state index contributed by atoms with van der Waals surface area (Å²) in [6.45, 7) is 1.94. The van der Waals surface area contributed by atoms with Gasteiger partial charge in [-0.15, -0.1) is 0 Å². The number of aliphatic hydroxyl groups excluding tert-OH is 1. The van der Waals surface area contributed by atoms with Gasteiger partial charge in [0.25, 0.3) is 0 Å². The summed E-state index contributed by atoms with van der Waals surface area (Å²) in [6, 6.07) is 11.7. The number of hydrogen-bond acceptors (Lipinski definition) is 1. The van der Waals surface area contributed by atoms with Crippen molar-refractivity contribution in [3.05, 3.63) is 70.0 Å². The molecule has 0 aromatic heterocycles. The van der Waals surface area contributed by atoms with Crippen molar-refractivity contribution < 1.29 is 9.50 Å². The zero-order chi connectivity index (χ0) is 13.1. The molecule has 0 saturated carbocycles. The molecule has 1 nitrogen and oxygen atoms in total. The zero-order valence-electron chi connectivity index (χ0n) is 10.0. The van der Waals surface area contributed by atoms with Crippen molar-refractivity contribution in [1.82, 2.24) is 0 Å². The predicted molar refractivity (Wildman–Crippen MR) is 71.3 cm³/mol. The molecular weight excluding hydrogens is 251 g/mol. The molecule has 0 aliphatic carbocycles. The minimum Gasteiger partial charge on any atom is -0.388 e. The molecule has 1 unspecified atom stereocenters. The fourth-order valence-electron chi connectivity index (χ4n) is 1.90. The average Bonchev–Trinajstić information content (AvgIpc) is 2.28. The third-order valence-electron chi connectivity index (χ3n) is 2.83. The Balaban J connectivity index is 2.19. The number of aryl methyl sites for hydroxylation is 1. The summed E-state index contributed by atoms with van der Waals surface area (Å²) in [6.07, 6.45) is -0.375. The summed E-state index contributed by atoms with van der Waals surface area (Å²) < 4.78 is 13.0. The van der Waals surface area contributed by atoms with E-state index in [4.69, 9.17) is 11.6 Å². The van der Waals surface area contributed by atoms with Crippen LogP contribution in [0.5, 0.6) is 0 Å². The Morgan fingerprint density at radius 3 is 2.67 bits per heavy atom. The van der Waals surface area contributed by atoms with Crippen LogP contribution >= 0.6 is 11.6 Å². The number of aliphatic hydroxyl groups is 1. The van der Waals surface area contributed by atoms with Crippen molar-refractivity contribution in [2.75, 3.05) is 0 Å². The van der Waals surface area contributed by atoms with Gasteiger partial charge in [-0.3, -0.25) is 0 Å². The largest absolute Gasteiger partial charge is 0.388 e. The van der Waals surface area contributed by atoms with E-state index >= 15 is 0 Å². The van der Waals surface area contributed by atoms with Crippen LogP contribution in [0.15, 0.2) is 42.5 Å². The third kappa shape index (κ3) is 3.09. The molecule has 2 rings (SSSR count). The zero-order valence-corrected chi connectivity index (χ0v) is 10.8. The summed E-state index contributed by atoms with van der Waals surface area (Å²) >= 11 is 6.09. The van der Waals surface area contributed by atoms with Crippen LogP contribution in [-0.2, 0) is 6.42 Å². The molecule has 0 heterocycles. The fraction of sp³-hybridized carbons (Fsp3) is 0.200. The molecule has 0 amide bonds. The summed E-state index contributed by atoms with van der Waals surface area (Å²) in [5.74, 6) is -0.297. The van der Waals surface area contributed by atoms with Crippen molar-refractivity contribution in [3.63, 3.8) is 0 Å². The Morgan fingerprint density at radius 2 is 2.00 bits per heavy atom. The molecule has 1 N–H and O–H groups in total. The first-order chi connectivity index (χ1) is 8.56. The van der Waals surface area contributed by atoms with Gasteiger partial charge < -0.3 is 5.11 Å². The lowest BCUT2D eigenvalue weighted by Gasteiger charge is -2.13. The van der Waals surface area contributed by atoms with Crippen molar-refractivity contribution in [2.24, 2.45) is 0 Å². The lowest BCUT2D eigenvalue weighted by atomic mass is 10.0. The van der Waals surface area contributed by atoms with Crippen molar-refractivity contribution in [3.8, 4) is 0 Å². The Hall–Kier alpha value is -1.38. The normalized spacial score (nSPS) is 12.4. The van der Waals surface area contributed by atoms with Gasteiger partial charge in [0.05, 0.1) is 6.10 Å². The Bertz CT molecular complexity index is 554. The third-order valence-corrected chi connectivity index (χ3v) is 3.16. The van der Waals surface area contributed by atoms with E-state index in [2.05, 4.69) is 0 Å². The summed E-state index contributed by atoms with van der Waals surface area (Å²) in [5, 5.41) is 10.7. The van der Waals surface area contributed by atoms with E-state index < -0.39 is 6.10 Å². The van der Waals surface area contributed by atoms with E-state index in [1.54, 1.807) is 12.1 Å². The molecule has 0 saturated heterocycles. The fourth-order valence-corrected chi connectivity index (χ4v) is 2.26. The van der Waals surface area contributed by atoms with Crippen LogP contribution < -0.4 is 0 Å². The van der Waals surface area contributed by atoms with Crippen LogP contribution in [0.25, 0.3) is 0 Å². The summed E-state index contributed by atoms with van der Waals surface area (Å²) in [4.78, 5) is 0. The molecule has 2 aromatic carbocycles. The van der Waals surface area contributed by atoms with Crippen molar-refractivity contribution in [1.29, 1.82) is 0 Å². The Kier molecular flexibility index (Phi) is 4.00. The minimum absolute atomic E-state index is 0.297. The highest BCUT2D eigenvalue weighted by Crippen LogP contribution is 2.26. The van der Waals surface area contributed by atoms with Gasteiger partial charge >= 0.3 is 0 Å². The van der Waals surface area contributed by atoms with E-state index in [0.717, 1.165) is 11.1 Å². The molecule has 2 aromatic rings. The van der Waals surface area contributed by atoms with Gasteiger partial charge in [0.15, 0.2) is 0 Å². The van der Waals surface area contributed by atoms with Gasteiger partial charge in [-0.2, -0.15) is 0 Å². The molecule has 0 bridgehead atoms. The number of benzene rings is 2.